The van der Waals surface area contributed by atoms with Crippen LogP contribution in [0.1, 0.15) is 5.56 Å². The second-order valence-corrected chi connectivity index (χ2v) is 5.60. The van der Waals surface area contributed by atoms with Gasteiger partial charge in [0, 0.05) is 13.6 Å². The van der Waals surface area contributed by atoms with E-state index in [1.54, 1.807) is 12.1 Å². The van der Waals surface area contributed by atoms with E-state index in [1.807, 2.05) is 6.07 Å². The number of nitrogens with zero attached hydrogens (tertiary/aromatic N) is 2. The molecule has 0 saturated heterocycles. The quantitative estimate of drug-likeness (QED) is 0.745. The average molecular weight is 250 g/mol. The zero-order valence-electron chi connectivity index (χ0n) is 9.63. The van der Waals surface area contributed by atoms with Crippen molar-refractivity contribution in [3.05, 3.63) is 42.5 Å². The molecule has 0 radical (unpaired) electrons. The molecule has 0 heterocycles. The van der Waals surface area contributed by atoms with Crippen molar-refractivity contribution in [1.82, 2.24) is 4.31 Å². The van der Waals surface area contributed by atoms with Crippen LogP contribution in [-0.4, -0.2) is 26.3 Å². The largest absolute Gasteiger partial charge is 0.243 e. The van der Waals surface area contributed by atoms with E-state index >= 15 is 0 Å². The van der Waals surface area contributed by atoms with Crippen LogP contribution < -0.4 is 0 Å². The van der Waals surface area contributed by atoms with E-state index in [1.165, 1.54) is 29.6 Å². The van der Waals surface area contributed by atoms with E-state index in [0.29, 0.717) is 0 Å². The maximum absolute atomic E-state index is 12.0. The number of hydrogen-bond acceptors (Lipinski definition) is 3. The highest BCUT2D eigenvalue weighted by molar-refractivity contribution is 7.89. The lowest BCUT2D eigenvalue weighted by Crippen LogP contribution is -2.26. The molecule has 0 spiro atoms. The zero-order chi connectivity index (χ0) is 12.9. The normalized spacial score (nSPS) is 11.1. The Bertz CT molecular complexity index is 527. The molecule has 0 amide bonds. The van der Waals surface area contributed by atoms with Crippen molar-refractivity contribution in [2.45, 2.75) is 11.3 Å². The summed E-state index contributed by atoms with van der Waals surface area (Å²) in [5.74, 6) is 0. The second kappa shape index (κ2) is 5.62. The standard InChI is InChI=1S/C12H14N2O2S/c1-3-10-14(2)17(15,16)12-6-4-11(5-7-12)8-9-13/h3-7H,1,8,10H2,2H3. The minimum Gasteiger partial charge on any atom is -0.207 e. The van der Waals surface area contributed by atoms with Gasteiger partial charge >= 0.3 is 0 Å². The minimum atomic E-state index is -3.45. The molecule has 0 fully saturated rings. The highest BCUT2D eigenvalue weighted by atomic mass is 32.2. The van der Waals surface area contributed by atoms with Gasteiger partial charge in [-0.15, -0.1) is 6.58 Å². The molecular weight excluding hydrogens is 236 g/mol. The number of nitriles is 1. The van der Waals surface area contributed by atoms with E-state index in [2.05, 4.69) is 6.58 Å². The van der Waals surface area contributed by atoms with Crippen molar-refractivity contribution in [3.8, 4) is 6.07 Å². The third-order valence-corrected chi connectivity index (χ3v) is 4.14. The fraction of sp³-hybridized carbons (Fsp3) is 0.250. The smallest absolute Gasteiger partial charge is 0.207 e. The molecule has 5 heteroatoms. The van der Waals surface area contributed by atoms with Crippen LogP contribution in [0.5, 0.6) is 0 Å². The van der Waals surface area contributed by atoms with E-state index < -0.39 is 10.0 Å². The van der Waals surface area contributed by atoms with Gasteiger partial charge in [-0.1, -0.05) is 18.2 Å². The molecule has 0 saturated carbocycles. The number of benzene rings is 1. The van der Waals surface area contributed by atoms with Crippen molar-refractivity contribution in [3.63, 3.8) is 0 Å². The van der Waals surface area contributed by atoms with Gasteiger partial charge in [0.15, 0.2) is 0 Å². The van der Waals surface area contributed by atoms with Crippen LogP contribution in [0.15, 0.2) is 41.8 Å². The average Bonchev–Trinajstić information content (AvgIpc) is 2.30. The molecule has 1 rings (SSSR count). The summed E-state index contributed by atoms with van der Waals surface area (Å²) in [4.78, 5) is 0.225. The van der Waals surface area contributed by atoms with Crippen LogP contribution in [0.4, 0.5) is 0 Å². The number of hydrogen-bond donors (Lipinski definition) is 0. The van der Waals surface area contributed by atoms with Crippen molar-refractivity contribution < 1.29 is 8.42 Å². The van der Waals surface area contributed by atoms with Gasteiger partial charge in [-0.25, -0.2) is 8.42 Å². The molecule has 0 aliphatic carbocycles. The number of sulfonamides is 1. The predicted molar refractivity (Wildman–Crippen MR) is 65.8 cm³/mol. The van der Waals surface area contributed by atoms with E-state index in [9.17, 15) is 8.42 Å². The molecular formula is C12H14N2O2S. The van der Waals surface area contributed by atoms with Gasteiger partial charge in [-0.3, -0.25) is 0 Å². The predicted octanol–water partition coefficient (Wildman–Crippen LogP) is 1.56. The maximum atomic E-state index is 12.0. The molecule has 0 unspecified atom stereocenters. The summed E-state index contributed by atoms with van der Waals surface area (Å²) in [7, 11) is -1.95. The molecule has 0 aliphatic heterocycles. The maximum Gasteiger partial charge on any atom is 0.243 e. The fourth-order valence-electron chi connectivity index (χ4n) is 1.33. The van der Waals surface area contributed by atoms with Crippen molar-refractivity contribution in [2.75, 3.05) is 13.6 Å². The highest BCUT2D eigenvalue weighted by Crippen LogP contribution is 2.15. The molecule has 0 aliphatic rings. The molecule has 1 aromatic rings. The Labute approximate surface area is 102 Å². The first-order valence-corrected chi connectivity index (χ1v) is 6.49. The fourth-order valence-corrected chi connectivity index (χ4v) is 2.47. The van der Waals surface area contributed by atoms with Crippen LogP contribution >= 0.6 is 0 Å². The first-order chi connectivity index (χ1) is 8.02. The lowest BCUT2D eigenvalue weighted by molar-refractivity contribution is 0.499. The van der Waals surface area contributed by atoms with Crippen molar-refractivity contribution in [2.24, 2.45) is 0 Å². The number of rotatable bonds is 5. The zero-order valence-corrected chi connectivity index (χ0v) is 10.4. The SMILES string of the molecule is C=CCN(C)S(=O)(=O)c1ccc(CC#N)cc1. The summed E-state index contributed by atoms with van der Waals surface area (Å²) < 4.78 is 25.2. The molecule has 0 aromatic heterocycles. The van der Waals surface area contributed by atoms with Gasteiger partial charge in [0.25, 0.3) is 0 Å². The molecule has 90 valence electrons. The lowest BCUT2D eigenvalue weighted by atomic mass is 10.2. The highest BCUT2D eigenvalue weighted by Gasteiger charge is 2.18. The van der Waals surface area contributed by atoms with Crippen LogP contribution in [0.3, 0.4) is 0 Å². The molecule has 0 bridgehead atoms. The Morgan fingerprint density at radius 2 is 2.00 bits per heavy atom. The Morgan fingerprint density at radius 1 is 1.41 bits per heavy atom. The van der Waals surface area contributed by atoms with Crippen molar-refractivity contribution in [1.29, 1.82) is 5.26 Å². The van der Waals surface area contributed by atoms with Gasteiger partial charge in [-0.05, 0) is 17.7 Å². The summed E-state index contributed by atoms with van der Waals surface area (Å²) in [6, 6.07) is 8.34. The first kappa shape index (κ1) is 13.4. The topological polar surface area (TPSA) is 61.2 Å². The van der Waals surface area contributed by atoms with E-state index in [4.69, 9.17) is 5.26 Å². The summed E-state index contributed by atoms with van der Waals surface area (Å²) in [5.41, 5.74) is 0.804. The summed E-state index contributed by atoms with van der Waals surface area (Å²) >= 11 is 0. The Hall–Kier alpha value is -1.64. The summed E-state index contributed by atoms with van der Waals surface area (Å²) in [6.45, 7) is 3.77. The van der Waals surface area contributed by atoms with Gasteiger partial charge in [0.2, 0.25) is 10.0 Å². The third kappa shape index (κ3) is 3.16. The van der Waals surface area contributed by atoms with Gasteiger partial charge in [0.05, 0.1) is 17.4 Å². The molecule has 0 N–H and O–H groups in total. The van der Waals surface area contributed by atoms with Crippen LogP contribution in [-0.2, 0) is 16.4 Å². The second-order valence-electron chi connectivity index (χ2n) is 3.55. The molecule has 4 nitrogen and oxygen atoms in total. The Balaban J connectivity index is 3.00. The monoisotopic (exact) mass is 250 g/mol. The van der Waals surface area contributed by atoms with Gasteiger partial charge in [0.1, 0.15) is 0 Å². The Kier molecular flexibility index (Phi) is 4.44. The lowest BCUT2D eigenvalue weighted by Gasteiger charge is -2.15. The van der Waals surface area contributed by atoms with Gasteiger partial charge < -0.3 is 0 Å². The summed E-state index contributed by atoms with van der Waals surface area (Å²) in [6.07, 6.45) is 1.81. The van der Waals surface area contributed by atoms with E-state index in [0.717, 1.165) is 5.56 Å². The molecule has 17 heavy (non-hydrogen) atoms. The van der Waals surface area contributed by atoms with Gasteiger partial charge in [-0.2, -0.15) is 9.57 Å². The van der Waals surface area contributed by atoms with Crippen LogP contribution in [0, 0.1) is 11.3 Å². The van der Waals surface area contributed by atoms with Crippen LogP contribution in [0.25, 0.3) is 0 Å². The third-order valence-electron chi connectivity index (χ3n) is 2.30. The number of likely N-dealkylation sites (N-methyl/N-ethyl adjacent to an activating group) is 1. The van der Waals surface area contributed by atoms with E-state index in [-0.39, 0.29) is 17.9 Å². The summed E-state index contributed by atoms with van der Waals surface area (Å²) in [5, 5.41) is 8.52. The minimum absolute atomic E-state index is 0.225. The Morgan fingerprint density at radius 3 is 2.47 bits per heavy atom. The van der Waals surface area contributed by atoms with Crippen molar-refractivity contribution >= 4 is 10.0 Å². The molecule has 1 aromatic carbocycles. The first-order valence-electron chi connectivity index (χ1n) is 5.05. The molecule has 0 atom stereocenters. The van der Waals surface area contributed by atoms with Crippen LogP contribution in [0.2, 0.25) is 0 Å².